The van der Waals surface area contributed by atoms with E-state index in [2.05, 4.69) is 10.1 Å². The summed E-state index contributed by atoms with van der Waals surface area (Å²) >= 11 is 5.85. The second kappa shape index (κ2) is 6.78. The van der Waals surface area contributed by atoms with Crippen LogP contribution in [-0.2, 0) is 22.7 Å². The van der Waals surface area contributed by atoms with E-state index in [1.54, 1.807) is 11.6 Å². The predicted molar refractivity (Wildman–Crippen MR) is 92.5 cm³/mol. The van der Waals surface area contributed by atoms with Gasteiger partial charge in [0.2, 0.25) is 0 Å². The summed E-state index contributed by atoms with van der Waals surface area (Å²) in [5, 5.41) is 3.82. The molecule has 0 aliphatic carbocycles. The lowest BCUT2D eigenvalue weighted by Crippen LogP contribution is -2.32. The van der Waals surface area contributed by atoms with Crippen molar-refractivity contribution in [2.75, 3.05) is 0 Å². The van der Waals surface area contributed by atoms with Gasteiger partial charge < -0.3 is 0 Å². The Morgan fingerprint density at radius 1 is 1.36 bits per heavy atom. The van der Waals surface area contributed by atoms with Crippen molar-refractivity contribution >= 4 is 33.2 Å². The molecule has 3 aromatic rings. The number of aryl methyl sites for hydroxylation is 2. The molecule has 8 nitrogen and oxygen atoms in total. The molecule has 0 radical (unpaired) electrons. The van der Waals surface area contributed by atoms with Crippen molar-refractivity contribution in [3.05, 3.63) is 46.6 Å². The normalized spacial score (nSPS) is 12.5. The molecule has 0 aliphatic heterocycles. The second-order valence-electron chi connectivity index (χ2n) is 5.73. The van der Waals surface area contributed by atoms with Crippen LogP contribution >= 0.6 is 11.6 Å². The van der Waals surface area contributed by atoms with E-state index >= 15 is 0 Å². The minimum Gasteiger partial charge on any atom is -0.294 e. The smallest absolute Gasteiger partial charge is 0.294 e. The Bertz CT molecular complexity index is 1180. The number of aromatic nitrogens is 4. The Hall–Kier alpha value is -2.60. The van der Waals surface area contributed by atoms with Crippen LogP contribution in [0.4, 0.5) is 13.2 Å². The van der Waals surface area contributed by atoms with Gasteiger partial charge in [-0.15, -0.1) is 0 Å². The number of nitrogens with one attached hydrogen (secondary N) is 1. The molecule has 150 valence electrons. The van der Waals surface area contributed by atoms with Gasteiger partial charge in [0.05, 0.1) is 10.7 Å². The Balaban J connectivity index is 2.09. The fraction of sp³-hybridized carbons (Fsp3) is 0.267. The highest BCUT2D eigenvalue weighted by atomic mass is 35.5. The van der Waals surface area contributed by atoms with E-state index in [4.69, 9.17) is 11.6 Å². The average molecular weight is 436 g/mol. The third-order valence-corrected chi connectivity index (χ3v) is 5.56. The number of nitrogens with zero attached hydrogens (tertiary/aromatic N) is 4. The van der Waals surface area contributed by atoms with Crippen molar-refractivity contribution in [3.8, 4) is 0 Å². The van der Waals surface area contributed by atoms with Crippen molar-refractivity contribution in [2.45, 2.75) is 31.5 Å². The van der Waals surface area contributed by atoms with Crippen molar-refractivity contribution < 1.29 is 26.4 Å². The highest BCUT2D eigenvalue weighted by molar-refractivity contribution is 7.90. The SMILES string of the molecule is CCn1cc(S(=O)(=O)NC(=O)c2nc3c(Cl)cccn3c2C(F)(F)F)c(C)n1. The summed E-state index contributed by atoms with van der Waals surface area (Å²) in [4.78, 5) is 15.7. The lowest BCUT2D eigenvalue weighted by Gasteiger charge is -2.09. The Morgan fingerprint density at radius 3 is 2.61 bits per heavy atom. The molecule has 13 heteroatoms. The molecule has 0 saturated heterocycles. The number of fused-ring (bicyclic) bond motifs is 1. The number of halogens is 4. The van der Waals surface area contributed by atoms with Crippen molar-refractivity contribution in [3.63, 3.8) is 0 Å². The van der Waals surface area contributed by atoms with E-state index in [0.717, 1.165) is 6.20 Å². The van der Waals surface area contributed by atoms with Gasteiger partial charge in [-0.3, -0.25) is 13.9 Å². The summed E-state index contributed by atoms with van der Waals surface area (Å²) in [6, 6.07) is 2.54. The predicted octanol–water partition coefficient (Wildman–Crippen LogP) is 2.65. The van der Waals surface area contributed by atoms with E-state index in [1.807, 2.05) is 0 Å². The third kappa shape index (κ3) is 3.44. The van der Waals surface area contributed by atoms with Crippen LogP contribution in [0.25, 0.3) is 5.65 Å². The average Bonchev–Trinajstić information content (AvgIpc) is 3.16. The molecule has 0 aliphatic rings. The molecule has 1 amide bonds. The maximum atomic E-state index is 13.5. The molecular weight excluding hydrogens is 423 g/mol. The Kier molecular flexibility index (Phi) is 4.88. The summed E-state index contributed by atoms with van der Waals surface area (Å²) < 4.78 is 69.1. The number of hydrogen-bond donors (Lipinski definition) is 1. The van der Waals surface area contributed by atoms with E-state index < -0.39 is 33.5 Å². The van der Waals surface area contributed by atoms with Crippen molar-refractivity contribution in [1.29, 1.82) is 0 Å². The van der Waals surface area contributed by atoms with Crippen LogP contribution in [0, 0.1) is 6.92 Å². The quantitative estimate of drug-likeness (QED) is 0.679. The van der Waals surface area contributed by atoms with Crippen LogP contribution in [0.5, 0.6) is 0 Å². The molecule has 3 rings (SSSR count). The number of carbonyl (C=O) groups excluding carboxylic acids is 1. The number of hydrogen-bond acceptors (Lipinski definition) is 5. The maximum Gasteiger partial charge on any atom is 0.434 e. The summed E-state index contributed by atoms with van der Waals surface area (Å²) in [6.07, 6.45) is -2.78. The number of sulfonamides is 1. The lowest BCUT2D eigenvalue weighted by atomic mass is 10.3. The van der Waals surface area contributed by atoms with Crippen LogP contribution in [0.3, 0.4) is 0 Å². The van der Waals surface area contributed by atoms with Gasteiger partial charge in [-0.2, -0.15) is 18.3 Å². The molecule has 0 atom stereocenters. The highest BCUT2D eigenvalue weighted by Crippen LogP contribution is 2.34. The largest absolute Gasteiger partial charge is 0.434 e. The zero-order chi connectivity index (χ0) is 20.9. The van der Waals surface area contributed by atoms with Crippen molar-refractivity contribution in [1.82, 2.24) is 23.9 Å². The lowest BCUT2D eigenvalue weighted by molar-refractivity contribution is -0.142. The van der Waals surface area contributed by atoms with Crippen LogP contribution in [0.1, 0.15) is 28.8 Å². The van der Waals surface area contributed by atoms with E-state index in [1.165, 1.54) is 29.9 Å². The number of alkyl halides is 3. The first-order valence-electron chi connectivity index (χ1n) is 7.80. The van der Waals surface area contributed by atoms with E-state index in [-0.39, 0.29) is 21.3 Å². The standard InChI is InChI=1S/C15H13ClF3N5O3S/c1-3-23-7-10(8(2)21-23)28(26,27)22-14(25)11-12(15(17,18)19)24-6-4-5-9(16)13(24)20-11/h4-7H,3H2,1-2H3,(H,22,25). The molecule has 0 unspecified atom stereocenters. The molecule has 3 aromatic heterocycles. The number of pyridine rings is 1. The van der Waals surface area contributed by atoms with Gasteiger partial charge >= 0.3 is 6.18 Å². The van der Waals surface area contributed by atoms with E-state index in [9.17, 15) is 26.4 Å². The molecule has 3 heterocycles. The molecule has 0 fully saturated rings. The topological polar surface area (TPSA) is 98.4 Å². The first kappa shape index (κ1) is 20.1. The van der Waals surface area contributed by atoms with Crippen LogP contribution in [0.15, 0.2) is 29.4 Å². The molecule has 0 spiro atoms. The Morgan fingerprint density at radius 2 is 2.04 bits per heavy atom. The fourth-order valence-corrected chi connectivity index (χ4v) is 3.96. The summed E-state index contributed by atoms with van der Waals surface area (Å²) in [6.45, 7) is 3.49. The molecular formula is C15H13ClF3N5O3S. The van der Waals surface area contributed by atoms with Gasteiger partial charge in [0, 0.05) is 18.9 Å². The molecule has 1 N–H and O–H groups in total. The highest BCUT2D eigenvalue weighted by Gasteiger charge is 2.41. The molecule has 0 saturated carbocycles. The van der Waals surface area contributed by atoms with Gasteiger partial charge in [-0.25, -0.2) is 18.1 Å². The van der Waals surface area contributed by atoms with Gasteiger partial charge in [0.15, 0.2) is 17.0 Å². The van der Waals surface area contributed by atoms with Gasteiger partial charge in [0.25, 0.3) is 15.9 Å². The first-order valence-corrected chi connectivity index (χ1v) is 9.66. The molecule has 0 bridgehead atoms. The summed E-state index contributed by atoms with van der Waals surface area (Å²) in [5.74, 6) is -1.53. The summed E-state index contributed by atoms with van der Waals surface area (Å²) in [5.41, 5.74) is -2.77. The zero-order valence-electron chi connectivity index (χ0n) is 14.5. The van der Waals surface area contributed by atoms with Gasteiger partial charge in [0.1, 0.15) is 4.90 Å². The molecule has 28 heavy (non-hydrogen) atoms. The number of amides is 1. The van der Waals surface area contributed by atoms with Gasteiger partial charge in [-0.1, -0.05) is 11.6 Å². The molecule has 0 aromatic carbocycles. The Labute approximate surface area is 162 Å². The van der Waals surface area contributed by atoms with Crippen LogP contribution < -0.4 is 4.72 Å². The van der Waals surface area contributed by atoms with E-state index in [0.29, 0.717) is 10.9 Å². The number of rotatable bonds is 4. The maximum absolute atomic E-state index is 13.5. The van der Waals surface area contributed by atoms with Gasteiger partial charge in [-0.05, 0) is 26.0 Å². The number of imidazole rings is 1. The van der Waals surface area contributed by atoms with Crippen molar-refractivity contribution in [2.24, 2.45) is 0 Å². The van der Waals surface area contributed by atoms with Crippen LogP contribution in [0.2, 0.25) is 5.02 Å². The van der Waals surface area contributed by atoms with Crippen LogP contribution in [-0.4, -0.2) is 33.5 Å². The fourth-order valence-electron chi connectivity index (χ4n) is 2.61. The second-order valence-corrected chi connectivity index (χ2v) is 7.78. The minimum atomic E-state index is -4.98. The summed E-state index contributed by atoms with van der Waals surface area (Å²) in [7, 11) is -4.47. The minimum absolute atomic E-state index is 0.0937. The zero-order valence-corrected chi connectivity index (χ0v) is 16.0. The number of carbonyl (C=O) groups is 1. The monoisotopic (exact) mass is 435 g/mol. The third-order valence-electron chi connectivity index (χ3n) is 3.83. The first-order chi connectivity index (χ1) is 13.0.